The van der Waals surface area contributed by atoms with E-state index in [4.69, 9.17) is 0 Å². The molecule has 88 valence electrons. The first-order valence-corrected chi connectivity index (χ1v) is 6.84. The summed E-state index contributed by atoms with van der Waals surface area (Å²) in [6.45, 7) is 2.79. The minimum absolute atomic E-state index is 0.717. The van der Waals surface area contributed by atoms with Crippen molar-refractivity contribution in [2.75, 3.05) is 5.32 Å². The molecule has 0 amide bonds. The standard InChI is InChI=1S/C13H12Br2N2/c1-9-2-5-13(12(15)6-9)17-8-11-4-3-10(14)7-16-11/h2-7,17H,8H2,1H3. The van der Waals surface area contributed by atoms with Crippen molar-refractivity contribution < 1.29 is 0 Å². The molecule has 0 bridgehead atoms. The molecule has 1 aromatic carbocycles. The zero-order chi connectivity index (χ0) is 12.3. The maximum Gasteiger partial charge on any atom is 0.0595 e. The van der Waals surface area contributed by atoms with E-state index >= 15 is 0 Å². The minimum Gasteiger partial charge on any atom is -0.378 e. The Morgan fingerprint density at radius 2 is 2.00 bits per heavy atom. The van der Waals surface area contributed by atoms with Crippen LogP contribution in [0.25, 0.3) is 0 Å². The van der Waals surface area contributed by atoms with Crippen LogP contribution < -0.4 is 5.32 Å². The van der Waals surface area contributed by atoms with Gasteiger partial charge in [-0.1, -0.05) is 6.07 Å². The fraction of sp³-hybridized carbons (Fsp3) is 0.154. The lowest BCUT2D eigenvalue weighted by atomic mass is 10.2. The van der Waals surface area contributed by atoms with E-state index < -0.39 is 0 Å². The number of nitrogens with one attached hydrogen (secondary N) is 1. The maximum atomic E-state index is 4.32. The first-order chi connectivity index (χ1) is 8.15. The number of benzene rings is 1. The molecule has 1 N–H and O–H groups in total. The van der Waals surface area contributed by atoms with Crippen LogP contribution in [0.4, 0.5) is 5.69 Å². The zero-order valence-corrected chi connectivity index (χ0v) is 12.5. The van der Waals surface area contributed by atoms with Crippen LogP contribution in [0.1, 0.15) is 11.3 Å². The largest absolute Gasteiger partial charge is 0.378 e. The SMILES string of the molecule is Cc1ccc(NCc2ccc(Br)cn2)c(Br)c1. The highest BCUT2D eigenvalue weighted by molar-refractivity contribution is 9.10. The Kier molecular flexibility index (Phi) is 4.18. The Balaban J connectivity index is 2.04. The molecule has 0 atom stereocenters. The van der Waals surface area contributed by atoms with Crippen molar-refractivity contribution in [1.82, 2.24) is 4.98 Å². The highest BCUT2D eigenvalue weighted by atomic mass is 79.9. The highest BCUT2D eigenvalue weighted by Gasteiger charge is 2.00. The molecule has 0 spiro atoms. The van der Waals surface area contributed by atoms with Crippen molar-refractivity contribution in [3.8, 4) is 0 Å². The van der Waals surface area contributed by atoms with Gasteiger partial charge < -0.3 is 5.32 Å². The predicted molar refractivity (Wildman–Crippen MR) is 78.1 cm³/mol. The topological polar surface area (TPSA) is 24.9 Å². The van der Waals surface area contributed by atoms with Gasteiger partial charge in [0.1, 0.15) is 0 Å². The van der Waals surface area contributed by atoms with Gasteiger partial charge in [-0.25, -0.2) is 0 Å². The second-order valence-electron chi connectivity index (χ2n) is 3.80. The van der Waals surface area contributed by atoms with Crippen LogP contribution in [0.3, 0.4) is 0 Å². The number of anilines is 1. The molecule has 0 aliphatic rings. The number of rotatable bonds is 3. The van der Waals surface area contributed by atoms with Crippen molar-refractivity contribution >= 4 is 37.5 Å². The average Bonchev–Trinajstić information content (AvgIpc) is 2.30. The molecule has 1 heterocycles. The van der Waals surface area contributed by atoms with Crippen molar-refractivity contribution in [3.63, 3.8) is 0 Å². The van der Waals surface area contributed by atoms with Crippen LogP contribution in [-0.2, 0) is 6.54 Å². The van der Waals surface area contributed by atoms with Gasteiger partial charge in [0.15, 0.2) is 0 Å². The second kappa shape index (κ2) is 5.65. The second-order valence-corrected chi connectivity index (χ2v) is 5.57. The fourth-order valence-electron chi connectivity index (χ4n) is 1.46. The van der Waals surface area contributed by atoms with Gasteiger partial charge in [0.2, 0.25) is 0 Å². The van der Waals surface area contributed by atoms with Crippen molar-refractivity contribution in [2.45, 2.75) is 13.5 Å². The number of aryl methyl sites for hydroxylation is 1. The van der Waals surface area contributed by atoms with Crippen LogP contribution in [0, 0.1) is 6.92 Å². The molecule has 0 aliphatic carbocycles. The summed E-state index contributed by atoms with van der Waals surface area (Å²) < 4.78 is 2.08. The summed E-state index contributed by atoms with van der Waals surface area (Å²) in [4.78, 5) is 4.32. The lowest BCUT2D eigenvalue weighted by Gasteiger charge is -2.08. The van der Waals surface area contributed by atoms with Gasteiger partial charge in [-0.05, 0) is 68.6 Å². The molecule has 17 heavy (non-hydrogen) atoms. The van der Waals surface area contributed by atoms with Gasteiger partial charge in [-0.3, -0.25) is 4.98 Å². The molecule has 1 aromatic heterocycles. The molecule has 2 aromatic rings. The average molecular weight is 356 g/mol. The smallest absolute Gasteiger partial charge is 0.0595 e. The summed E-state index contributed by atoms with van der Waals surface area (Å²) in [5.41, 5.74) is 3.34. The number of hydrogen-bond acceptors (Lipinski definition) is 2. The molecule has 0 saturated carbocycles. The molecule has 0 radical (unpaired) electrons. The third kappa shape index (κ3) is 3.54. The summed E-state index contributed by atoms with van der Waals surface area (Å²) in [6, 6.07) is 10.2. The Labute approximate surface area is 118 Å². The molecule has 2 nitrogen and oxygen atoms in total. The predicted octanol–water partition coefficient (Wildman–Crippen LogP) is 4.53. The Morgan fingerprint density at radius 1 is 1.18 bits per heavy atom. The normalized spacial score (nSPS) is 10.3. The first-order valence-electron chi connectivity index (χ1n) is 5.25. The van der Waals surface area contributed by atoms with Crippen molar-refractivity contribution in [2.24, 2.45) is 0 Å². The van der Waals surface area contributed by atoms with E-state index in [0.717, 1.165) is 26.9 Å². The number of nitrogens with zero attached hydrogens (tertiary/aromatic N) is 1. The number of hydrogen-bond donors (Lipinski definition) is 1. The molecular formula is C13H12Br2N2. The summed E-state index contributed by atoms with van der Waals surface area (Å²) in [5, 5.41) is 3.35. The van der Waals surface area contributed by atoms with Gasteiger partial charge >= 0.3 is 0 Å². The molecule has 0 aliphatic heterocycles. The third-order valence-electron chi connectivity index (χ3n) is 2.37. The van der Waals surface area contributed by atoms with Crippen LogP contribution in [0.2, 0.25) is 0 Å². The van der Waals surface area contributed by atoms with Gasteiger partial charge in [0.25, 0.3) is 0 Å². The number of halogens is 2. The van der Waals surface area contributed by atoms with E-state index in [0.29, 0.717) is 0 Å². The van der Waals surface area contributed by atoms with E-state index in [2.05, 4.69) is 67.3 Å². The highest BCUT2D eigenvalue weighted by Crippen LogP contribution is 2.23. The third-order valence-corrected chi connectivity index (χ3v) is 3.50. The maximum absolute atomic E-state index is 4.32. The van der Waals surface area contributed by atoms with Crippen LogP contribution >= 0.6 is 31.9 Å². The van der Waals surface area contributed by atoms with Crippen LogP contribution in [0.5, 0.6) is 0 Å². The van der Waals surface area contributed by atoms with Gasteiger partial charge in [0, 0.05) is 20.8 Å². The first kappa shape index (κ1) is 12.6. The van der Waals surface area contributed by atoms with Gasteiger partial charge in [-0.2, -0.15) is 0 Å². The van der Waals surface area contributed by atoms with E-state index in [1.54, 1.807) is 6.20 Å². The lowest BCUT2D eigenvalue weighted by Crippen LogP contribution is -2.01. The Hall–Kier alpha value is -0.870. The number of aromatic nitrogens is 1. The molecule has 0 saturated heterocycles. The molecular weight excluding hydrogens is 344 g/mol. The molecule has 2 rings (SSSR count). The summed E-state index contributed by atoms with van der Waals surface area (Å²) in [6.07, 6.45) is 1.81. The monoisotopic (exact) mass is 354 g/mol. The minimum atomic E-state index is 0.717. The van der Waals surface area contributed by atoms with Crippen molar-refractivity contribution in [3.05, 3.63) is 56.7 Å². The van der Waals surface area contributed by atoms with Crippen LogP contribution in [-0.4, -0.2) is 4.98 Å². The Bertz CT molecular complexity index is 509. The molecule has 4 heteroatoms. The van der Waals surface area contributed by atoms with E-state index in [9.17, 15) is 0 Å². The fourth-order valence-corrected chi connectivity index (χ4v) is 2.33. The summed E-state index contributed by atoms with van der Waals surface area (Å²) in [7, 11) is 0. The van der Waals surface area contributed by atoms with Crippen molar-refractivity contribution in [1.29, 1.82) is 0 Å². The molecule has 0 unspecified atom stereocenters. The van der Waals surface area contributed by atoms with Crippen LogP contribution in [0.15, 0.2) is 45.5 Å². The van der Waals surface area contributed by atoms with E-state index in [1.165, 1.54) is 5.56 Å². The number of pyridine rings is 1. The summed E-state index contributed by atoms with van der Waals surface area (Å²) >= 11 is 6.91. The quantitative estimate of drug-likeness (QED) is 0.875. The Morgan fingerprint density at radius 3 is 2.65 bits per heavy atom. The van der Waals surface area contributed by atoms with Gasteiger partial charge in [0.05, 0.1) is 12.2 Å². The van der Waals surface area contributed by atoms with E-state index in [-0.39, 0.29) is 0 Å². The summed E-state index contributed by atoms with van der Waals surface area (Å²) in [5.74, 6) is 0. The molecule has 0 fully saturated rings. The lowest BCUT2D eigenvalue weighted by molar-refractivity contribution is 1.04. The van der Waals surface area contributed by atoms with E-state index in [1.807, 2.05) is 12.1 Å². The van der Waals surface area contributed by atoms with Gasteiger partial charge in [-0.15, -0.1) is 0 Å². The zero-order valence-electron chi connectivity index (χ0n) is 9.37.